The summed E-state index contributed by atoms with van der Waals surface area (Å²) in [6.07, 6.45) is 2.63. The number of anilines is 1. The fourth-order valence-electron chi connectivity index (χ4n) is 3.51. The summed E-state index contributed by atoms with van der Waals surface area (Å²) in [6.45, 7) is 1.62. The monoisotopic (exact) mass is 390 g/mol. The maximum absolute atomic E-state index is 12.4. The van der Waals surface area contributed by atoms with Crippen LogP contribution in [0.1, 0.15) is 35.4 Å². The van der Waals surface area contributed by atoms with E-state index in [0.717, 1.165) is 25.9 Å². The Hall–Kier alpha value is -3.48. The molecule has 1 saturated heterocycles. The van der Waals surface area contributed by atoms with Crippen LogP contribution in [0.15, 0.2) is 53.3 Å². The highest BCUT2D eigenvalue weighted by Crippen LogP contribution is 2.16. The number of H-pyrrole nitrogens is 1. The average Bonchev–Trinajstić information content (AvgIpc) is 3.27. The van der Waals surface area contributed by atoms with Crippen molar-refractivity contribution in [2.45, 2.75) is 25.7 Å². The highest BCUT2D eigenvalue weighted by molar-refractivity contribution is 5.96. The van der Waals surface area contributed by atoms with Crippen LogP contribution < -0.4 is 10.9 Å². The third-order valence-electron chi connectivity index (χ3n) is 5.06. The van der Waals surface area contributed by atoms with E-state index in [9.17, 15) is 14.4 Å². The molecule has 2 heterocycles. The van der Waals surface area contributed by atoms with Crippen molar-refractivity contribution < 1.29 is 9.59 Å². The molecule has 148 valence electrons. The summed E-state index contributed by atoms with van der Waals surface area (Å²) in [4.78, 5) is 45.7. The summed E-state index contributed by atoms with van der Waals surface area (Å²) in [5, 5.41) is 3.35. The van der Waals surface area contributed by atoms with Crippen LogP contribution in [-0.4, -0.2) is 39.8 Å². The first kappa shape index (κ1) is 18.9. The lowest BCUT2D eigenvalue weighted by Gasteiger charge is -2.15. The smallest absolute Gasteiger partial charge is 0.258 e. The molecule has 2 amide bonds. The van der Waals surface area contributed by atoms with E-state index in [1.165, 1.54) is 0 Å². The predicted octanol–water partition coefficient (Wildman–Crippen LogP) is 2.73. The van der Waals surface area contributed by atoms with E-state index in [-0.39, 0.29) is 23.8 Å². The number of aromatic nitrogens is 2. The van der Waals surface area contributed by atoms with Crippen molar-refractivity contribution in [3.05, 3.63) is 70.3 Å². The summed E-state index contributed by atoms with van der Waals surface area (Å²) >= 11 is 0. The Balaban J connectivity index is 1.35. The van der Waals surface area contributed by atoms with Gasteiger partial charge in [0, 0.05) is 37.2 Å². The minimum absolute atomic E-state index is 0.0340. The van der Waals surface area contributed by atoms with Gasteiger partial charge in [-0.2, -0.15) is 0 Å². The molecule has 1 aliphatic rings. The van der Waals surface area contributed by atoms with E-state index in [2.05, 4.69) is 15.3 Å². The zero-order chi connectivity index (χ0) is 20.2. The van der Waals surface area contributed by atoms with Gasteiger partial charge < -0.3 is 15.2 Å². The van der Waals surface area contributed by atoms with Crippen molar-refractivity contribution in [1.29, 1.82) is 0 Å². The molecular formula is C22H22N4O3. The molecule has 1 aromatic heterocycles. The van der Waals surface area contributed by atoms with Crippen molar-refractivity contribution >= 4 is 28.4 Å². The minimum Gasteiger partial charge on any atom is -0.339 e. The Morgan fingerprint density at radius 3 is 2.52 bits per heavy atom. The van der Waals surface area contributed by atoms with Crippen LogP contribution >= 0.6 is 0 Å². The van der Waals surface area contributed by atoms with Crippen LogP contribution in [0.5, 0.6) is 0 Å². The first-order valence-electron chi connectivity index (χ1n) is 9.77. The number of nitrogens with one attached hydrogen (secondary N) is 2. The van der Waals surface area contributed by atoms with Crippen LogP contribution in [0, 0.1) is 0 Å². The molecule has 1 aliphatic heterocycles. The number of carbonyl (C=O) groups is 2. The van der Waals surface area contributed by atoms with Crippen molar-refractivity contribution in [3.63, 3.8) is 0 Å². The number of amides is 2. The van der Waals surface area contributed by atoms with Gasteiger partial charge >= 0.3 is 0 Å². The molecule has 0 radical (unpaired) electrons. The molecule has 0 atom stereocenters. The number of aromatic amines is 1. The number of rotatable bonds is 5. The van der Waals surface area contributed by atoms with Gasteiger partial charge in [-0.25, -0.2) is 4.98 Å². The first-order valence-corrected chi connectivity index (χ1v) is 9.77. The van der Waals surface area contributed by atoms with Gasteiger partial charge in [0.25, 0.3) is 11.5 Å². The van der Waals surface area contributed by atoms with Crippen LogP contribution in [-0.2, 0) is 11.2 Å². The second kappa shape index (κ2) is 8.26. The Morgan fingerprint density at radius 1 is 1.03 bits per heavy atom. The molecule has 0 bridgehead atoms. The zero-order valence-corrected chi connectivity index (χ0v) is 16.0. The zero-order valence-electron chi connectivity index (χ0n) is 16.0. The third kappa shape index (κ3) is 4.34. The van der Waals surface area contributed by atoms with E-state index >= 15 is 0 Å². The Kier molecular flexibility index (Phi) is 5.37. The maximum atomic E-state index is 12.4. The van der Waals surface area contributed by atoms with Gasteiger partial charge in [-0.05, 0) is 49.2 Å². The molecule has 7 nitrogen and oxygen atoms in total. The maximum Gasteiger partial charge on any atom is 0.258 e. The molecule has 0 spiro atoms. The Bertz CT molecular complexity index is 1100. The van der Waals surface area contributed by atoms with Gasteiger partial charge in [0.15, 0.2) is 0 Å². The molecule has 0 unspecified atom stereocenters. The van der Waals surface area contributed by atoms with E-state index in [1.807, 2.05) is 11.0 Å². The lowest BCUT2D eigenvalue weighted by atomic mass is 10.1. The van der Waals surface area contributed by atoms with Crippen molar-refractivity contribution in [3.8, 4) is 0 Å². The van der Waals surface area contributed by atoms with E-state index < -0.39 is 0 Å². The molecular weight excluding hydrogens is 368 g/mol. The number of hydrogen-bond acceptors (Lipinski definition) is 4. The fraction of sp³-hybridized carbons (Fsp3) is 0.273. The van der Waals surface area contributed by atoms with Crippen molar-refractivity contribution in [1.82, 2.24) is 14.9 Å². The normalized spacial score (nSPS) is 13.6. The lowest BCUT2D eigenvalue weighted by molar-refractivity contribution is -0.116. The summed E-state index contributed by atoms with van der Waals surface area (Å²) in [5.74, 6) is 0.335. The number of fused-ring (bicyclic) bond motifs is 1. The molecule has 7 heteroatoms. The van der Waals surface area contributed by atoms with Crippen LogP contribution in [0.4, 0.5) is 5.69 Å². The largest absolute Gasteiger partial charge is 0.339 e. The predicted molar refractivity (Wildman–Crippen MR) is 111 cm³/mol. The van der Waals surface area contributed by atoms with Gasteiger partial charge in [0.05, 0.1) is 10.9 Å². The van der Waals surface area contributed by atoms with Gasteiger partial charge in [-0.3, -0.25) is 14.4 Å². The van der Waals surface area contributed by atoms with Gasteiger partial charge in [0.1, 0.15) is 5.82 Å². The number of nitrogens with zero attached hydrogens (tertiary/aromatic N) is 2. The number of para-hydroxylation sites is 1. The Labute approximate surface area is 167 Å². The van der Waals surface area contributed by atoms with Crippen LogP contribution in [0.3, 0.4) is 0 Å². The number of aryl methyl sites for hydroxylation is 1. The lowest BCUT2D eigenvalue weighted by Crippen LogP contribution is -2.27. The van der Waals surface area contributed by atoms with Crippen LogP contribution in [0.25, 0.3) is 10.9 Å². The highest BCUT2D eigenvalue weighted by atomic mass is 16.2. The summed E-state index contributed by atoms with van der Waals surface area (Å²) < 4.78 is 0. The summed E-state index contributed by atoms with van der Waals surface area (Å²) in [7, 11) is 0. The molecule has 29 heavy (non-hydrogen) atoms. The molecule has 2 aromatic carbocycles. The second-order valence-electron chi connectivity index (χ2n) is 7.15. The number of benzene rings is 2. The highest BCUT2D eigenvalue weighted by Gasteiger charge is 2.19. The number of carbonyl (C=O) groups excluding carboxylic acids is 2. The van der Waals surface area contributed by atoms with Crippen molar-refractivity contribution in [2.75, 3.05) is 18.4 Å². The molecule has 4 rings (SSSR count). The average molecular weight is 390 g/mol. The molecule has 3 aromatic rings. The molecule has 2 N–H and O–H groups in total. The third-order valence-corrected chi connectivity index (χ3v) is 5.06. The number of likely N-dealkylation sites (tertiary alicyclic amines) is 1. The molecule has 0 aliphatic carbocycles. The molecule has 0 saturated carbocycles. The standard InChI is InChI=1S/C22H22N4O3/c27-20(12-11-19-24-18-6-2-1-5-17(18)21(28)25-19)23-16-9-7-15(8-10-16)22(29)26-13-3-4-14-26/h1-2,5-10H,3-4,11-14H2,(H,23,27)(H,24,25,28). The van der Waals surface area contributed by atoms with Gasteiger partial charge in [-0.1, -0.05) is 12.1 Å². The summed E-state index contributed by atoms with van der Waals surface area (Å²) in [5.41, 5.74) is 1.67. The summed E-state index contributed by atoms with van der Waals surface area (Å²) in [6, 6.07) is 14.0. The Morgan fingerprint density at radius 2 is 1.76 bits per heavy atom. The number of hydrogen-bond donors (Lipinski definition) is 2. The van der Waals surface area contributed by atoms with Crippen LogP contribution in [0.2, 0.25) is 0 Å². The molecule has 1 fully saturated rings. The second-order valence-corrected chi connectivity index (χ2v) is 7.15. The van der Waals surface area contributed by atoms with E-state index in [4.69, 9.17) is 0 Å². The SMILES string of the molecule is O=C(CCc1nc2ccccc2c(=O)[nH]1)Nc1ccc(C(=O)N2CCCC2)cc1. The van der Waals surface area contributed by atoms with Gasteiger partial charge in [-0.15, -0.1) is 0 Å². The topological polar surface area (TPSA) is 95.2 Å². The van der Waals surface area contributed by atoms with E-state index in [0.29, 0.717) is 34.4 Å². The first-order chi connectivity index (χ1) is 14.1. The minimum atomic E-state index is -0.204. The van der Waals surface area contributed by atoms with E-state index in [1.54, 1.807) is 42.5 Å². The fourth-order valence-corrected chi connectivity index (χ4v) is 3.51. The van der Waals surface area contributed by atoms with Gasteiger partial charge in [0.2, 0.25) is 5.91 Å². The van der Waals surface area contributed by atoms with Crippen molar-refractivity contribution in [2.24, 2.45) is 0 Å². The quantitative estimate of drug-likeness (QED) is 0.700.